The summed E-state index contributed by atoms with van der Waals surface area (Å²) in [6.07, 6.45) is 5.21. The lowest BCUT2D eigenvalue weighted by molar-refractivity contribution is 0.0604. The van der Waals surface area contributed by atoms with Crippen LogP contribution in [0.1, 0.15) is 47.4 Å². The van der Waals surface area contributed by atoms with Crippen molar-refractivity contribution < 1.29 is 4.79 Å². The molecule has 5 rings (SSSR count). The zero-order valence-corrected chi connectivity index (χ0v) is 18.1. The molecule has 0 aliphatic carbocycles. The molecule has 4 aromatic rings. The number of nitrogens with zero attached hydrogens (tertiary/aromatic N) is 6. The number of piperidine rings is 1. The first-order chi connectivity index (χ1) is 15.0. The Morgan fingerprint density at radius 2 is 1.84 bits per heavy atom. The molecule has 158 valence electrons. The second kappa shape index (κ2) is 7.65. The fourth-order valence-electron chi connectivity index (χ4n) is 4.62. The van der Waals surface area contributed by atoms with Crippen molar-refractivity contribution in [3.8, 4) is 5.69 Å². The molecule has 2 atom stereocenters. The van der Waals surface area contributed by atoms with Gasteiger partial charge < -0.3 is 9.47 Å². The molecule has 7 heteroatoms. The van der Waals surface area contributed by atoms with E-state index in [1.807, 2.05) is 48.2 Å². The van der Waals surface area contributed by atoms with Crippen LogP contribution in [0.2, 0.25) is 0 Å². The van der Waals surface area contributed by atoms with Crippen LogP contribution in [0.15, 0.2) is 54.9 Å². The average Bonchev–Trinajstić information content (AvgIpc) is 3.42. The van der Waals surface area contributed by atoms with Crippen molar-refractivity contribution in [1.82, 2.24) is 29.4 Å². The van der Waals surface area contributed by atoms with Crippen LogP contribution in [0.5, 0.6) is 0 Å². The lowest BCUT2D eigenvalue weighted by Crippen LogP contribution is -2.45. The Bertz CT molecular complexity index is 1240. The van der Waals surface area contributed by atoms with Gasteiger partial charge in [0, 0.05) is 25.6 Å². The molecule has 0 unspecified atom stereocenters. The van der Waals surface area contributed by atoms with Crippen molar-refractivity contribution >= 4 is 16.9 Å². The highest BCUT2D eigenvalue weighted by Gasteiger charge is 2.33. The molecule has 7 nitrogen and oxygen atoms in total. The summed E-state index contributed by atoms with van der Waals surface area (Å²) in [5.74, 6) is 1.27. The van der Waals surface area contributed by atoms with Crippen molar-refractivity contribution in [1.29, 1.82) is 0 Å². The van der Waals surface area contributed by atoms with Crippen molar-refractivity contribution in [2.24, 2.45) is 7.05 Å². The van der Waals surface area contributed by atoms with Gasteiger partial charge in [-0.05, 0) is 51.0 Å². The Labute approximate surface area is 181 Å². The van der Waals surface area contributed by atoms with E-state index in [1.54, 1.807) is 12.4 Å². The third kappa shape index (κ3) is 3.40. The van der Waals surface area contributed by atoms with Crippen LogP contribution < -0.4 is 0 Å². The number of benzene rings is 2. The van der Waals surface area contributed by atoms with Gasteiger partial charge in [0.1, 0.15) is 5.82 Å². The van der Waals surface area contributed by atoms with E-state index in [0.717, 1.165) is 35.3 Å². The van der Waals surface area contributed by atoms with Gasteiger partial charge in [0.25, 0.3) is 5.91 Å². The third-order valence-electron chi connectivity index (χ3n) is 6.35. The lowest BCUT2D eigenvalue weighted by Gasteiger charge is -2.38. The molecular formula is C24H26N6O. The zero-order chi connectivity index (χ0) is 21.5. The Morgan fingerprint density at radius 3 is 2.61 bits per heavy atom. The number of aromatic nitrogens is 5. The monoisotopic (exact) mass is 414 g/mol. The van der Waals surface area contributed by atoms with Crippen LogP contribution in [0.3, 0.4) is 0 Å². The Kier molecular flexibility index (Phi) is 4.81. The summed E-state index contributed by atoms with van der Waals surface area (Å²) in [6.45, 7) is 4.78. The fourth-order valence-corrected chi connectivity index (χ4v) is 4.62. The molecule has 3 heterocycles. The van der Waals surface area contributed by atoms with Gasteiger partial charge in [-0.2, -0.15) is 15.0 Å². The highest BCUT2D eigenvalue weighted by Crippen LogP contribution is 2.32. The second-order valence-corrected chi connectivity index (χ2v) is 8.44. The van der Waals surface area contributed by atoms with E-state index >= 15 is 0 Å². The number of likely N-dealkylation sites (tertiary alicyclic amines) is 1. The first-order valence-corrected chi connectivity index (χ1v) is 10.7. The molecule has 31 heavy (non-hydrogen) atoms. The molecule has 1 saturated heterocycles. The summed E-state index contributed by atoms with van der Waals surface area (Å²) in [6, 6.07) is 14.2. The number of carbonyl (C=O) groups is 1. The van der Waals surface area contributed by atoms with Crippen LogP contribution in [-0.2, 0) is 7.05 Å². The summed E-state index contributed by atoms with van der Waals surface area (Å²) in [5, 5.41) is 8.49. The molecule has 0 radical (unpaired) electrons. The predicted octanol–water partition coefficient (Wildman–Crippen LogP) is 3.87. The Morgan fingerprint density at radius 1 is 1.06 bits per heavy atom. The van der Waals surface area contributed by atoms with E-state index in [9.17, 15) is 4.79 Å². The summed E-state index contributed by atoms with van der Waals surface area (Å²) in [7, 11) is 2.07. The lowest BCUT2D eigenvalue weighted by atomic mass is 9.91. The van der Waals surface area contributed by atoms with E-state index in [0.29, 0.717) is 17.8 Å². The summed E-state index contributed by atoms with van der Waals surface area (Å²) in [5.41, 5.74) is 4.50. The van der Waals surface area contributed by atoms with Gasteiger partial charge >= 0.3 is 0 Å². The normalized spacial score (nSPS) is 19.1. The standard InChI is InChI=1S/C24H26N6O/c1-16-8-11-21(30-25-12-13-26-30)19(14-16)24(31)29-15-18(10-9-17(29)2)23-27-20-6-4-5-7-22(20)28(23)3/h4-8,11-14,17-18H,9-10,15H2,1-3H3/t17-,18+/m0/s1. The molecule has 1 aliphatic rings. The summed E-state index contributed by atoms with van der Waals surface area (Å²) >= 11 is 0. The van der Waals surface area contributed by atoms with Crippen LogP contribution in [0, 0.1) is 6.92 Å². The molecule has 0 saturated carbocycles. The molecule has 2 aromatic heterocycles. The quantitative estimate of drug-likeness (QED) is 0.510. The molecule has 2 aromatic carbocycles. The second-order valence-electron chi connectivity index (χ2n) is 8.44. The third-order valence-corrected chi connectivity index (χ3v) is 6.35. The molecule has 1 amide bonds. The van der Waals surface area contributed by atoms with Gasteiger partial charge in [0.05, 0.1) is 34.7 Å². The summed E-state index contributed by atoms with van der Waals surface area (Å²) in [4.78, 5) is 22.2. The molecule has 1 fully saturated rings. The number of hydrogen-bond acceptors (Lipinski definition) is 4. The number of carbonyl (C=O) groups excluding carboxylic acids is 1. The zero-order valence-electron chi connectivity index (χ0n) is 18.1. The van der Waals surface area contributed by atoms with Gasteiger partial charge in [0.2, 0.25) is 0 Å². The van der Waals surface area contributed by atoms with E-state index in [2.05, 4.69) is 34.8 Å². The van der Waals surface area contributed by atoms with E-state index in [4.69, 9.17) is 4.98 Å². The number of imidazole rings is 1. The van der Waals surface area contributed by atoms with Crippen molar-refractivity contribution in [3.05, 3.63) is 71.8 Å². The van der Waals surface area contributed by atoms with Crippen molar-refractivity contribution in [2.45, 2.75) is 38.6 Å². The number of amides is 1. The van der Waals surface area contributed by atoms with Crippen LogP contribution in [0.25, 0.3) is 16.7 Å². The van der Waals surface area contributed by atoms with Crippen LogP contribution in [-0.4, -0.2) is 47.9 Å². The van der Waals surface area contributed by atoms with E-state index < -0.39 is 0 Å². The Hall–Kier alpha value is -3.48. The minimum Gasteiger partial charge on any atom is -0.335 e. The number of aryl methyl sites for hydroxylation is 2. The molecule has 1 aliphatic heterocycles. The van der Waals surface area contributed by atoms with Gasteiger partial charge in [0.15, 0.2) is 0 Å². The largest absolute Gasteiger partial charge is 0.335 e. The van der Waals surface area contributed by atoms with Crippen molar-refractivity contribution in [3.63, 3.8) is 0 Å². The topological polar surface area (TPSA) is 68.8 Å². The van der Waals surface area contributed by atoms with Gasteiger partial charge in [-0.25, -0.2) is 4.98 Å². The number of hydrogen-bond donors (Lipinski definition) is 0. The number of fused-ring (bicyclic) bond motifs is 1. The van der Waals surface area contributed by atoms with Gasteiger partial charge in [-0.3, -0.25) is 4.79 Å². The Balaban J connectivity index is 1.49. The molecule has 0 bridgehead atoms. The average molecular weight is 415 g/mol. The van der Waals surface area contributed by atoms with Crippen LogP contribution >= 0.6 is 0 Å². The minimum atomic E-state index is 0.0203. The number of para-hydroxylation sites is 2. The first-order valence-electron chi connectivity index (χ1n) is 10.7. The highest BCUT2D eigenvalue weighted by atomic mass is 16.2. The maximum atomic E-state index is 13.7. The predicted molar refractivity (Wildman–Crippen MR) is 119 cm³/mol. The number of rotatable bonds is 3. The maximum absolute atomic E-state index is 13.7. The van der Waals surface area contributed by atoms with Crippen LogP contribution in [0.4, 0.5) is 0 Å². The SMILES string of the molecule is Cc1ccc(-n2nccn2)c(C(=O)N2C[C@H](c3nc4ccccc4n3C)CC[C@@H]2C)c1. The molecule has 0 spiro atoms. The molecule has 0 N–H and O–H groups in total. The van der Waals surface area contributed by atoms with Crippen molar-refractivity contribution in [2.75, 3.05) is 6.54 Å². The van der Waals surface area contributed by atoms with Gasteiger partial charge in [-0.15, -0.1) is 0 Å². The van der Waals surface area contributed by atoms with Gasteiger partial charge in [-0.1, -0.05) is 23.8 Å². The maximum Gasteiger partial charge on any atom is 0.256 e. The first kappa shape index (κ1) is 19.5. The van der Waals surface area contributed by atoms with E-state index in [1.165, 1.54) is 4.80 Å². The summed E-state index contributed by atoms with van der Waals surface area (Å²) < 4.78 is 2.17. The minimum absolute atomic E-state index is 0.0203. The molecular weight excluding hydrogens is 388 g/mol. The highest BCUT2D eigenvalue weighted by molar-refractivity contribution is 5.98. The van der Waals surface area contributed by atoms with E-state index in [-0.39, 0.29) is 17.9 Å². The fraction of sp³-hybridized carbons (Fsp3) is 0.333. The smallest absolute Gasteiger partial charge is 0.256 e.